The van der Waals surface area contributed by atoms with Gasteiger partial charge in [-0.3, -0.25) is 0 Å². The lowest BCUT2D eigenvalue weighted by atomic mass is 10.1. The second-order valence-corrected chi connectivity index (χ2v) is 7.56. The molecule has 5 nitrogen and oxygen atoms in total. The number of quaternary nitrogens is 1. The molecule has 0 radical (unpaired) electrons. The predicted octanol–water partition coefficient (Wildman–Crippen LogP) is 2.37. The summed E-state index contributed by atoms with van der Waals surface area (Å²) < 4.78 is 5.32. The molecule has 6 heteroatoms. The molecule has 4 rings (SSSR count). The normalized spacial score (nSPS) is 15.4. The number of hydrogen-bond donors (Lipinski definition) is 2. The van der Waals surface area contributed by atoms with Crippen molar-refractivity contribution in [3.8, 4) is 5.75 Å². The van der Waals surface area contributed by atoms with E-state index in [9.17, 15) is 9.90 Å². The van der Waals surface area contributed by atoms with Gasteiger partial charge in [-0.15, -0.1) is 0 Å². The van der Waals surface area contributed by atoms with Crippen LogP contribution in [-0.4, -0.2) is 31.3 Å². The Morgan fingerprint density at radius 2 is 1.96 bits per heavy atom. The molecule has 27 heavy (non-hydrogen) atoms. The topological polar surface area (TPSA) is 58.1 Å². The fourth-order valence-corrected chi connectivity index (χ4v) is 3.89. The first-order valence-corrected chi connectivity index (χ1v) is 9.48. The number of aryl methyl sites for hydroxylation is 1. The van der Waals surface area contributed by atoms with Gasteiger partial charge in [-0.1, -0.05) is 17.7 Å². The van der Waals surface area contributed by atoms with Gasteiger partial charge in [-0.25, -0.2) is 4.79 Å². The summed E-state index contributed by atoms with van der Waals surface area (Å²) in [5.41, 5.74) is 2.95. The summed E-state index contributed by atoms with van der Waals surface area (Å²) in [6.45, 7) is 6.31. The van der Waals surface area contributed by atoms with Crippen molar-refractivity contribution in [2.24, 2.45) is 0 Å². The molecule has 0 saturated carbocycles. The number of halogens is 1. The van der Waals surface area contributed by atoms with Gasteiger partial charge in [-0.2, -0.15) is 0 Å². The second kappa shape index (κ2) is 7.25. The van der Waals surface area contributed by atoms with Crippen molar-refractivity contribution < 1.29 is 14.4 Å². The van der Waals surface area contributed by atoms with Crippen LogP contribution in [0.15, 0.2) is 51.7 Å². The zero-order valence-corrected chi connectivity index (χ0v) is 15.9. The van der Waals surface area contributed by atoms with Crippen LogP contribution in [0.1, 0.15) is 11.1 Å². The van der Waals surface area contributed by atoms with Crippen molar-refractivity contribution in [2.45, 2.75) is 13.5 Å². The summed E-state index contributed by atoms with van der Waals surface area (Å²) in [4.78, 5) is 15.7. The average Bonchev–Trinajstić information content (AvgIpc) is 2.64. The van der Waals surface area contributed by atoms with Gasteiger partial charge < -0.3 is 19.3 Å². The Hall–Kier alpha value is -2.50. The van der Waals surface area contributed by atoms with Crippen LogP contribution in [0.5, 0.6) is 5.75 Å². The fourth-order valence-electron chi connectivity index (χ4n) is 3.71. The molecule has 1 fully saturated rings. The van der Waals surface area contributed by atoms with Crippen molar-refractivity contribution in [3.05, 3.63) is 69.0 Å². The van der Waals surface area contributed by atoms with E-state index in [-0.39, 0.29) is 11.4 Å². The smallest absolute Gasteiger partial charge is 0.336 e. The van der Waals surface area contributed by atoms with Crippen molar-refractivity contribution in [1.29, 1.82) is 0 Å². The molecule has 0 spiro atoms. The van der Waals surface area contributed by atoms with Crippen LogP contribution < -0.4 is 15.4 Å². The van der Waals surface area contributed by atoms with Gasteiger partial charge in [0, 0.05) is 27.7 Å². The van der Waals surface area contributed by atoms with Crippen LogP contribution in [0, 0.1) is 6.92 Å². The lowest BCUT2D eigenvalue weighted by molar-refractivity contribution is -0.914. The first kappa shape index (κ1) is 17.9. The van der Waals surface area contributed by atoms with Crippen LogP contribution in [0.2, 0.25) is 5.02 Å². The van der Waals surface area contributed by atoms with Crippen LogP contribution >= 0.6 is 11.6 Å². The molecule has 2 heterocycles. The Balaban J connectivity index is 1.52. The van der Waals surface area contributed by atoms with Gasteiger partial charge >= 0.3 is 5.63 Å². The third-order valence-corrected chi connectivity index (χ3v) is 5.47. The maximum atomic E-state index is 12.0. The molecule has 0 atom stereocenters. The standard InChI is InChI=1S/C21H21ClN2O3/c1-14-9-20-18(12-19(14)25)15(10-21(26)27-20)13-23-5-7-24(8-6-23)17-4-2-3-16(22)11-17/h2-4,9-12,25H,5-8,13H2,1H3/p+1. The van der Waals surface area contributed by atoms with Crippen molar-refractivity contribution in [3.63, 3.8) is 0 Å². The van der Waals surface area contributed by atoms with Gasteiger partial charge in [0.25, 0.3) is 0 Å². The highest BCUT2D eigenvalue weighted by Crippen LogP contribution is 2.25. The first-order valence-electron chi connectivity index (χ1n) is 9.10. The zero-order valence-electron chi connectivity index (χ0n) is 15.2. The number of benzene rings is 2. The summed E-state index contributed by atoms with van der Waals surface area (Å²) in [7, 11) is 0. The number of anilines is 1. The molecule has 3 aromatic rings. The third kappa shape index (κ3) is 3.80. The monoisotopic (exact) mass is 385 g/mol. The Morgan fingerprint density at radius 3 is 2.70 bits per heavy atom. The summed E-state index contributed by atoms with van der Waals surface area (Å²) in [6.07, 6.45) is 0. The van der Waals surface area contributed by atoms with Gasteiger partial charge in [0.05, 0.1) is 26.2 Å². The number of fused-ring (bicyclic) bond motifs is 1. The molecular weight excluding hydrogens is 364 g/mol. The van der Waals surface area contributed by atoms with Crippen LogP contribution in [0.4, 0.5) is 5.69 Å². The highest BCUT2D eigenvalue weighted by Gasteiger charge is 2.22. The highest BCUT2D eigenvalue weighted by molar-refractivity contribution is 6.30. The molecule has 0 amide bonds. The molecular formula is C21H22ClN2O3+. The van der Waals surface area contributed by atoms with E-state index in [4.69, 9.17) is 16.0 Å². The average molecular weight is 386 g/mol. The van der Waals surface area contributed by atoms with Crippen LogP contribution in [0.25, 0.3) is 11.0 Å². The van der Waals surface area contributed by atoms with E-state index >= 15 is 0 Å². The predicted molar refractivity (Wildman–Crippen MR) is 107 cm³/mol. The molecule has 0 unspecified atom stereocenters. The molecule has 1 aromatic heterocycles. The molecule has 1 aliphatic rings. The summed E-state index contributed by atoms with van der Waals surface area (Å²) in [5, 5.41) is 11.6. The van der Waals surface area contributed by atoms with E-state index in [0.717, 1.165) is 54.4 Å². The maximum absolute atomic E-state index is 12.0. The van der Waals surface area contributed by atoms with E-state index in [1.165, 1.54) is 4.90 Å². The number of phenols is 1. The largest absolute Gasteiger partial charge is 0.508 e. The lowest BCUT2D eigenvalue weighted by Crippen LogP contribution is -3.13. The molecule has 0 aliphatic carbocycles. The number of nitrogens with one attached hydrogen (secondary N) is 1. The van der Waals surface area contributed by atoms with E-state index in [0.29, 0.717) is 11.1 Å². The van der Waals surface area contributed by atoms with Gasteiger partial charge in [0.15, 0.2) is 0 Å². The molecule has 1 aliphatic heterocycles. The van der Waals surface area contributed by atoms with Gasteiger partial charge in [0.2, 0.25) is 0 Å². The zero-order chi connectivity index (χ0) is 19.0. The van der Waals surface area contributed by atoms with Crippen molar-refractivity contribution in [2.75, 3.05) is 31.1 Å². The molecule has 2 aromatic carbocycles. The quantitative estimate of drug-likeness (QED) is 0.680. The molecule has 2 N–H and O–H groups in total. The van der Waals surface area contributed by atoms with E-state index in [1.54, 1.807) is 25.1 Å². The first-order chi connectivity index (χ1) is 13.0. The minimum atomic E-state index is -0.348. The fraction of sp³-hybridized carbons (Fsp3) is 0.286. The molecule has 0 bridgehead atoms. The third-order valence-electron chi connectivity index (χ3n) is 5.23. The number of nitrogens with zero attached hydrogens (tertiary/aromatic N) is 1. The summed E-state index contributed by atoms with van der Waals surface area (Å²) >= 11 is 6.10. The number of hydrogen-bond acceptors (Lipinski definition) is 4. The lowest BCUT2D eigenvalue weighted by Gasteiger charge is -2.33. The summed E-state index contributed by atoms with van der Waals surface area (Å²) in [6, 6.07) is 12.9. The highest BCUT2D eigenvalue weighted by atomic mass is 35.5. The molecule has 140 valence electrons. The minimum Gasteiger partial charge on any atom is -0.508 e. The van der Waals surface area contributed by atoms with Crippen molar-refractivity contribution in [1.82, 2.24) is 0 Å². The van der Waals surface area contributed by atoms with Crippen LogP contribution in [0.3, 0.4) is 0 Å². The summed E-state index contributed by atoms with van der Waals surface area (Å²) in [5.74, 6) is 0.221. The Morgan fingerprint density at radius 1 is 1.19 bits per heavy atom. The Kier molecular flexibility index (Phi) is 4.81. The van der Waals surface area contributed by atoms with E-state index in [1.807, 2.05) is 18.2 Å². The van der Waals surface area contributed by atoms with Gasteiger partial charge in [0.1, 0.15) is 17.9 Å². The second-order valence-electron chi connectivity index (χ2n) is 7.12. The SMILES string of the molecule is Cc1cc2oc(=O)cc(C[NH+]3CCN(c4cccc(Cl)c4)CC3)c2cc1O. The maximum Gasteiger partial charge on any atom is 0.336 e. The number of aromatic hydroxyl groups is 1. The Bertz CT molecular complexity index is 1040. The number of phenolic OH excluding ortho intramolecular Hbond substituents is 1. The molecule has 1 saturated heterocycles. The van der Waals surface area contributed by atoms with E-state index < -0.39 is 0 Å². The number of rotatable bonds is 3. The van der Waals surface area contributed by atoms with E-state index in [2.05, 4.69) is 11.0 Å². The van der Waals surface area contributed by atoms with Crippen LogP contribution in [-0.2, 0) is 6.54 Å². The Labute approximate surface area is 162 Å². The van der Waals surface area contributed by atoms with Crippen molar-refractivity contribution >= 4 is 28.3 Å². The number of piperazine rings is 1. The minimum absolute atomic E-state index is 0.221. The van der Waals surface area contributed by atoms with Gasteiger partial charge in [-0.05, 0) is 42.8 Å².